The topological polar surface area (TPSA) is 74.3 Å². The number of likely N-dealkylation sites (tertiary alicyclic amines) is 1. The Labute approximate surface area is 216 Å². The Hall–Kier alpha value is -4.13. The molecule has 4 heterocycles. The maximum atomic E-state index is 12.0. The minimum atomic E-state index is 0.0410. The Morgan fingerprint density at radius 2 is 2.00 bits per heavy atom. The Bertz CT molecular complexity index is 1450. The number of nitrogens with one attached hydrogen (secondary N) is 1. The number of hydrogen-bond donors (Lipinski definition) is 1. The second-order valence-electron chi connectivity index (χ2n) is 10.3. The Morgan fingerprint density at radius 1 is 1.16 bits per heavy atom. The van der Waals surface area contributed by atoms with E-state index in [2.05, 4.69) is 63.9 Å². The van der Waals surface area contributed by atoms with Crippen LogP contribution in [0, 0.1) is 12.3 Å². The van der Waals surface area contributed by atoms with Crippen LogP contribution in [0.1, 0.15) is 24.1 Å². The van der Waals surface area contributed by atoms with Gasteiger partial charge in [-0.1, -0.05) is 18.7 Å². The van der Waals surface area contributed by atoms with Gasteiger partial charge in [-0.2, -0.15) is 5.10 Å². The maximum absolute atomic E-state index is 12.0. The Kier molecular flexibility index (Phi) is 5.91. The van der Waals surface area contributed by atoms with Crippen LogP contribution in [0.4, 0.5) is 5.69 Å². The quantitative estimate of drug-likeness (QED) is 0.377. The van der Waals surface area contributed by atoms with Gasteiger partial charge >= 0.3 is 0 Å². The first-order valence-corrected chi connectivity index (χ1v) is 12.8. The molecule has 2 saturated heterocycles. The summed E-state index contributed by atoms with van der Waals surface area (Å²) in [6.07, 6.45) is 7.24. The first-order valence-electron chi connectivity index (χ1n) is 12.8. The summed E-state index contributed by atoms with van der Waals surface area (Å²) in [5, 5.41) is 8.49. The zero-order valence-electron chi connectivity index (χ0n) is 21.1. The van der Waals surface area contributed by atoms with Crippen molar-refractivity contribution in [1.82, 2.24) is 20.1 Å². The van der Waals surface area contributed by atoms with Crippen LogP contribution in [-0.2, 0) is 11.4 Å². The lowest BCUT2D eigenvalue weighted by Gasteiger charge is -2.54. The van der Waals surface area contributed by atoms with E-state index in [0.29, 0.717) is 6.61 Å². The lowest BCUT2D eigenvalue weighted by Crippen LogP contribution is -2.61. The average molecular weight is 494 g/mol. The van der Waals surface area contributed by atoms with Crippen LogP contribution >= 0.6 is 0 Å². The smallest absolute Gasteiger partial charge is 0.245 e. The first-order chi connectivity index (χ1) is 18.0. The number of ether oxygens (including phenoxy) is 1. The first kappa shape index (κ1) is 23.3. The molecule has 1 amide bonds. The molecule has 0 radical (unpaired) electrons. The maximum Gasteiger partial charge on any atom is 0.245 e. The van der Waals surface area contributed by atoms with Crippen LogP contribution in [0.5, 0.6) is 5.75 Å². The van der Waals surface area contributed by atoms with Crippen LogP contribution in [0.2, 0.25) is 0 Å². The number of benzene rings is 2. The van der Waals surface area contributed by atoms with E-state index >= 15 is 0 Å². The molecule has 188 valence electrons. The number of aromatic amines is 1. The number of carbonyl (C=O) groups excluding carboxylic acids is 1. The third-order valence-corrected chi connectivity index (χ3v) is 7.85. The van der Waals surface area contributed by atoms with E-state index in [1.807, 2.05) is 29.3 Å². The van der Waals surface area contributed by atoms with Gasteiger partial charge in [0.1, 0.15) is 12.4 Å². The molecule has 0 atom stereocenters. The number of hydrogen-bond acceptors (Lipinski definition) is 5. The summed E-state index contributed by atoms with van der Waals surface area (Å²) >= 11 is 0. The number of aromatic nitrogens is 3. The summed E-state index contributed by atoms with van der Waals surface area (Å²) in [5.74, 6) is 0.865. The van der Waals surface area contributed by atoms with Crippen LogP contribution in [0.3, 0.4) is 0 Å². The Morgan fingerprint density at radius 3 is 2.76 bits per heavy atom. The number of fused-ring (bicyclic) bond motifs is 1. The standard InChI is InChI=1S/C30H31N5O2/c1-3-28(36)35-19-30(20-35)9-12-34(13-10-30)24-14-22(29-21(2)7-8-27-26(29)17-32-33-27)15-25(16-24)37-18-23-6-4-5-11-31-23/h3-8,11,14-17H,1,9-10,12-13,18-20H2,2H3,(H,32,33). The molecule has 1 N–H and O–H groups in total. The molecular weight excluding hydrogens is 462 g/mol. The van der Waals surface area contributed by atoms with Crippen molar-refractivity contribution in [2.24, 2.45) is 5.41 Å². The normalized spacial score (nSPS) is 16.6. The van der Waals surface area contributed by atoms with Crippen LogP contribution in [0.25, 0.3) is 22.0 Å². The molecule has 2 aliphatic rings. The highest BCUT2D eigenvalue weighted by Crippen LogP contribution is 2.43. The van der Waals surface area contributed by atoms with Gasteiger partial charge in [0.15, 0.2) is 0 Å². The van der Waals surface area contributed by atoms with Crippen molar-refractivity contribution >= 4 is 22.5 Å². The lowest BCUT2D eigenvalue weighted by molar-refractivity contribution is -0.139. The summed E-state index contributed by atoms with van der Waals surface area (Å²) in [6.45, 7) is 9.76. The van der Waals surface area contributed by atoms with Crippen molar-refractivity contribution in [3.8, 4) is 16.9 Å². The summed E-state index contributed by atoms with van der Waals surface area (Å²) < 4.78 is 6.28. The van der Waals surface area contributed by atoms with Gasteiger partial charge < -0.3 is 14.5 Å². The van der Waals surface area contributed by atoms with Gasteiger partial charge in [-0.25, -0.2) is 0 Å². The molecule has 2 aromatic carbocycles. The van der Waals surface area contributed by atoms with Gasteiger partial charge in [-0.15, -0.1) is 0 Å². The fourth-order valence-electron chi connectivity index (χ4n) is 5.75. The van der Waals surface area contributed by atoms with Crippen LogP contribution in [0.15, 0.2) is 73.6 Å². The van der Waals surface area contributed by atoms with Gasteiger partial charge in [0.25, 0.3) is 0 Å². The molecule has 6 rings (SSSR count). The second-order valence-corrected chi connectivity index (χ2v) is 10.3. The molecule has 0 unspecified atom stereocenters. The van der Waals surface area contributed by atoms with E-state index in [9.17, 15) is 4.79 Å². The van der Waals surface area contributed by atoms with Gasteiger partial charge in [0, 0.05) is 54.9 Å². The largest absolute Gasteiger partial charge is 0.487 e. The monoisotopic (exact) mass is 493 g/mol. The summed E-state index contributed by atoms with van der Waals surface area (Å²) in [7, 11) is 0. The molecule has 37 heavy (non-hydrogen) atoms. The number of anilines is 1. The third-order valence-electron chi connectivity index (χ3n) is 7.85. The minimum absolute atomic E-state index is 0.0410. The number of piperidine rings is 1. The molecule has 7 nitrogen and oxygen atoms in total. The highest BCUT2D eigenvalue weighted by atomic mass is 16.5. The van der Waals surface area contributed by atoms with E-state index in [1.165, 1.54) is 17.2 Å². The van der Waals surface area contributed by atoms with E-state index in [4.69, 9.17) is 4.74 Å². The number of rotatable bonds is 6. The lowest BCUT2D eigenvalue weighted by atomic mass is 9.72. The summed E-state index contributed by atoms with van der Waals surface area (Å²) in [6, 6.07) is 16.6. The van der Waals surface area contributed by atoms with E-state index in [1.54, 1.807) is 6.20 Å². The highest BCUT2D eigenvalue weighted by Gasteiger charge is 2.46. The zero-order valence-corrected chi connectivity index (χ0v) is 21.1. The fraction of sp³-hybridized carbons (Fsp3) is 0.300. The molecule has 4 aromatic rings. The predicted molar refractivity (Wildman–Crippen MR) is 145 cm³/mol. The second kappa shape index (κ2) is 9.39. The van der Waals surface area contributed by atoms with E-state index < -0.39 is 0 Å². The highest BCUT2D eigenvalue weighted by molar-refractivity contribution is 5.97. The zero-order chi connectivity index (χ0) is 25.4. The Balaban J connectivity index is 1.29. The molecule has 2 fully saturated rings. The molecule has 2 aliphatic heterocycles. The van der Waals surface area contributed by atoms with Crippen LogP contribution < -0.4 is 9.64 Å². The molecule has 0 aliphatic carbocycles. The van der Waals surface area contributed by atoms with Gasteiger partial charge in [0.05, 0.1) is 17.4 Å². The SMILES string of the molecule is C=CC(=O)N1CC2(CCN(c3cc(OCc4ccccn4)cc(-c4c(C)ccc5[nH]ncc45)c3)CC2)C1. The van der Waals surface area contributed by atoms with Crippen molar-refractivity contribution in [2.45, 2.75) is 26.4 Å². The molecular formula is C30H31N5O2. The molecule has 0 saturated carbocycles. The van der Waals surface area contributed by atoms with E-state index in [-0.39, 0.29) is 11.3 Å². The number of amides is 1. The van der Waals surface area contributed by atoms with Gasteiger partial charge in [-0.3, -0.25) is 14.9 Å². The summed E-state index contributed by atoms with van der Waals surface area (Å²) in [5.41, 5.74) is 6.79. The number of H-pyrrole nitrogens is 1. The van der Waals surface area contributed by atoms with Crippen molar-refractivity contribution in [3.63, 3.8) is 0 Å². The third kappa shape index (κ3) is 4.46. The van der Waals surface area contributed by atoms with Gasteiger partial charge in [0.2, 0.25) is 5.91 Å². The van der Waals surface area contributed by atoms with Crippen molar-refractivity contribution in [1.29, 1.82) is 0 Å². The molecule has 1 spiro atoms. The predicted octanol–water partition coefficient (Wildman–Crippen LogP) is 5.13. The van der Waals surface area contributed by atoms with Crippen molar-refractivity contribution in [3.05, 3.63) is 84.8 Å². The molecule has 7 heteroatoms. The van der Waals surface area contributed by atoms with E-state index in [0.717, 1.165) is 72.6 Å². The molecule has 2 aromatic heterocycles. The average Bonchev–Trinajstić information content (AvgIpc) is 3.39. The van der Waals surface area contributed by atoms with Gasteiger partial charge in [-0.05, 0) is 72.9 Å². The number of pyridine rings is 1. The number of aryl methyl sites for hydroxylation is 1. The van der Waals surface area contributed by atoms with Crippen molar-refractivity contribution < 1.29 is 9.53 Å². The summed E-state index contributed by atoms with van der Waals surface area (Å²) in [4.78, 5) is 20.7. The van der Waals surface area contributed by atoms with Crippen LogP contribution in [-0.4, -0.2) is 52.2 Å². The minimum Gasteiger partial charge on any atom is -0.487 e. The number of nitrogens with zero attached hydrogens (tertiary/aromatic N) is 4. The number of carbonyl (C=O) groups is 1. The van der Waals surface area contributed by atoms with Crippen molar-refractivity contribution in [2.75, 3.05) is 31.1 Å². The fourth-order valence-corrected chi connectivity index (χ4v) is 5.75. The molecule has 0 bridgehead atoms.